The maximum atomic E-state index is 13.8. The van der Waals surface area contributed by atoms with Crippen molar-refractivity contribution >= 4 is 5.91 Å². The third-order valence-electron chi connectivity index (χ3n) is 7.56. The van der Waals surface area contributed by atoms with Crippen molar-refractivity contribution in [3.05, 3.63) is 95.1 Å². The topological polar surface area (TPSA) is 47.3 Å². The summed E-state index contributed by atoms with van der Waals surface area (Å²) in [5.41, 5.74) is 5.59. The lowest BCUT2D eigenvalue weighted by molar-refractivity contribution is 0.0720. The fraction of sp³-hybridized carbons (Fsp3) is 0.444. The van der Waals surface area contributed by atoms with E-state index in [2.05, 4.69) is 49.9 Å². The molecular weight excluding hydrogens is 490 g/mol. The Bertz CT molecular complexity index is 1190. The molecule has 0 heterocycles. The summed E-state index contributed by atoms with van der Waals surface area (Å²) in [6, 6.07) is 26.6. The molecule has 0 bridgehead atoms. The summed E-state index contributed by atoms with van der Waals surface area (Å²) in [6.45, 7) is 10.8. The number of rotatable bonds is 17. The van der Waals surface area contributed by atoms with E-state index in [0.29, 0.717) is 18.7 Å². The van der Waals surface area contributed by atoms with Gasteiger partial charge in [-0.1, -0.05) is 101 Å². The molecule has 0 N–H and O–H groups in total. The third-order valence-corrected chi connectivity index (χ3v) is 7.56. The zero-order valence-corrected chi connectivity index (χ0v) is 24.9. The number of hydrogen-bond acceptors (Lipinski definition) is 3. The van der Waals surface area contributed by atoms with Gasteiger partial charge in [0.25, 0.3) is 5.91 Å². The number of nitrogens with zero attached hydrogens (tertiary/aromatic N) is 3. The number of nitriles is 1. The van der Waals surface area contributed by atoms with Crippen LogP contribution in [-0.2, 0) is 13.0 Å². The average Bonchev–Trinajstić information content (AvgIpc) is 3.00. The van der Waals surface area contributed by atoms with Crippen LogP contribution in [0, 0.1) is 11.3 Å². The number of amides is 1. The van der Waals surface area contributed by atoms with E-state index in [1.54, 1.807) is 0 Å². The molecule has 0 saturated carbocycles. The Morgan fingerprint density at radius 2 is 1.38 bits per heavy atom. The summed E-state index contributed by atoms with van der Waals surface area (Å²) in [6.07, 6.45) is 9.35. The van der Waals surface area contributed by atoms with E-state index >= 15 is 0 Å². The molecule has 0 fully saturated rings. The van der Waals surface area contributed by atoms with E-state index in [-0.39, 0.29) is 5.91 Å². The normalized spacial score (nSPS) is 11.0. The minimum atomic E-state index is 0.0525. The van der Waals surface area contributed by atoms with Crippen molar-refractivity contribution in [2.45, 2.75) is 78.7 Å². The number of unbranched alkanes of at least 4 members (excludes halogenated alkanes) is 4. The Balaban J connectivity index is 1.82. The maximum Gasteiger partial charge on any atom is 0.254 e. The van der Waals surface area contributed by atoms with E-state index < -0.39 is 0 Å². The van der Waals surface area contributed by atoms with Crippen LogP contribution in [0.2, 0.25) is 0 Å². The first kappa shape index (κ1) is 31.1. The monoisotopic (exact) mass is 537 g/mol. The van der Waals surface area contributed by atoms with Gasteiger partial charge in [0.15, 0.2) is 0 Å². The molecule has 40 heavy (non-hydrogen) atoms. The highest BCUT2D eigenvalue weighted by Crippen LogP contribution is 2.25. The Kier molecular flexibility index (Phi) is 13.5. The van der Waals surface area contributed by atoms with Crippen LogP contribution in [0.1, 0.15) is 92.8 Å². The van der Waals surface area contributed by atoms with Gasteiger partial charge in [-0.05, 0) is 79.2 Å². The highest BCUT2D eigenvalue weighted by Gasteiger charge is 2.19. The second-order valence-corrected chi connectivity index (χ2v) is 10.8. The highest BCUT2D eigenvalue weighted by molar-refractivity contribution is 5.94. The Morgan fingerprint density at radius 3 is 2.00 bits per heavy atom. The van der Waals surface area contributed by atoms with Gasteiger partial charge in [-0.3, -0.25) is 4.79 Å². The zero-order chi connectivity index (χ0) is 28.6. The van der Waals surface area contributed by atoms with Gasteiger partial charge in [0.1, 0.15) is 0 Å². The van der Waals surface area contributed by atoms with Crippen LogP contribution in [0.15, 0.2) is 72.8 Å². The fourth-order valence-corrected chi connectivity index (χ4v) is 5.06. The highest BCUT2D eigenvalue weighted by atomic mass is 16.2. The Labute approximate surface area is 242 Å². The first-order valence-corrected chi connectivity index (χ1v) is 15.3. The van der Waals surface area contributed by atoms with Crippen LogP contribution in [0.4, 0.5) is 0 Å². The lowest BCUT2D eigenvalue weighted by Crippen LogP contribution is -2.39. The second kappa shape index (κ2) is 17.3. The molecule has 3 aromatic carbocycles. The van der Waals surface area contributed by atoms with E-state index in [9.17, 15) is 10.1 Å². The first-order valence-electron chi connectivity index (χ1n) is 15.3. The lowest BCUT2D eigenvalue weighted by Gasteiger charge is -2.28. The van der Waals surface area contributed by atoms with Crippen molar-refractivity contribution in [3.8, 4) is 17.2 Å². The predicted octanol–water partition coefficient (Wildman–Crippen LogP) is 8.50. The number of hydrogen-bond donors (Lipinski definition) is 0. The van der Waals surface area contributed by atoms with Crippen LogP contribution in [0.25, 0.3) is 11.1 Å². The molecular formula is C36H47N3O. The van der Waals surface area contributed by atoms with Crippen molar-refractivity contribution in [3.63, 3.8) is 0 Å². The SMILES string of the molecule is CCCCCc1ccc(C(=O)N(CCN(CCCC)CCCC)Cc2ccc(-c3ccccc3)c(C#N)c2)cc1. The van der Waals surface area contributed by atoms with Crippen molar-refractivity contribution < 1.29 is 4.79 Å². The van der Waals surface area contributed by atoms with Gasteiger partial charge in [0, 0.05) is 25.2 Å². The summed E-state index contributed by atoms with van der Waals surface area (Å²) in [7, 11) is 0. The summed E-state index contributed by atoms with van der Waals surface area (Å²) in [5, 5.41) is 9.93. The number of aryl methyl sites for hydroxylation is 1. The molecule has 0 aliphatic rings. The van der Waals surface area contributed by atoms with Gasteiger partial charge in [-0.2, -0.15) is 5.26 Å². The standard InChI is InChI=1S/C36H47N3O/c1-4-7-11-14-30-17-20-33(21-18-30)36(40)39(26-25-38(23-8-5-2)24-9-6-3)29-31-19-22-35(34(27-31)28-37)32-15-12-10-13-16-32/h10,12-13,15-22,27H,4-9,11,14,23-26,29H2,1-3H3. The van der Waals surface area contributed by atoms with Crippen molar-refractivity contribution in [1.29, 1.82) is 5.26 Å². The zero-order valence-electron chi connectivity index (χ0n) is 24.9. The summed E-state index contributed by atoms with van der Waals surface area (Å²) in [5.74, 6) is 0.0525. The average molecular weight is 538 g/mol. The minimum Gasteiger partial charge on any atom is -0.333 e. The van der Waals surface area contributed by atoms with E-state index in [4.69, 9.17) is 0 Å². The minimum absolute atomic E-state index is 0.0525. The van der Waals surface area contributed by atoms with Crippen LogP contribution in [-0.4, -0.2) is 41.9 Å². The van der Waals surface area contributed by atoms with E-state index in [1.165, 1.54) is 50.5 Å². The molecule has 212 valence electrons. The van der Waals surface area contributed by atoms with Crippen LogP contribution >= 0.6 is 0 Å². The maximum absolute atomic E-state index is 13.8. The summed E-state index contributed by atoms with van der Waals surface area (Å²) < 4.78 is 0. The summed E-state index contributed by atoms with van der Waals surface area (Å²) >= 11 is 0. The molecule has 3 rings (SSSR count). The van der Waals surface area contributed by atoms with Gasteiger partial charge >= 0.3 is 0 Å². The van der Waals surface area contributed by atoms with Crippen LogP contribution in [0.5, 0.6) is 0 Å². The molecule has 0 aliphatic carbocycles. The van der Waals surface area contributed by atoms with Crippen molar-refractivity contribution in [1.82, 2.24) is 9.80 Å². The third kappa shape index (κ3) is 9.65. The molecule has 1 amide bonds. The van der Waals surface area contributed by atoms with Gasteiger partial charge in [-0.25, -0.2) is 0 Å². The molecule has 0 spiro atoms. The predicted molar refractivity (Wildman–Crippen MR) is 167 cm³/mol. The van der Waals surface area contributed by atoms with E-state index in [0.717, 1.165) is 48.3 Å². The molecule has 0 aromatic heterocycles. The largest absolute Gasteiger partial charge is 0.333 e. The van der Waals surface area contributed by atoms with Gasteiger partial charge in [0.05, 0.1) is 11.6 Å². The molecule has 3 aromatic rings. The van der Waals surface area contributed by atoms with Crippen molar-refractivity contribution in [2.75, 3.05) is 26.2 Å². The first-order chi connectivity index (χ1) is 19.6. The molecule has 0 radical (unpaired) electrons. The molecule has 4 heteroatoms. The molecule has 4 nitrogen and oxygen atoms in total. The molecule has 0 unspecified atom stereocenters. The smallest absolute Gasteiger partial charge is 0.254 e. The fourth-order valence-electron chi connectivity index (χ4n) is 5.06. The number of carbonyl (C=O) groups is 1. The number of carbonyl (C=O) groups excluding carboxylic acids is 1. The van der Waals surface area contributed by atoms with E-state index in [1.807, 2.05) is 59.5 Å². The van der Waals surface area contributed by atoms with Gasteiger partial charge in [-0.15, -0.1) is 0 Å². The second-order valence-electron chi connectivity index (χ2n) is 10.8. The van der Waals surface area contributed by atoms with Gasteiger partial charge in [0.2, 0.25) is 0 Å². The Hall–Kier alpha value is -3.42. The molecule has 0 saturated heterocycles. The Morgan fingerprint density at radius 1 is 0.725 bits per heavy atom. The molecule has 0 atom stereocenters. The lowest BCUT2D eigenvalue weighted by atomic mass is 9.98. The summed E-state index contributed by atoms with van der Waals surface area (Å²) in [4.78, 5) is 18.3. The van der Waals surface area contributed by atoms with Crippen LogP contribution < -0.4 is 0 Å². The van der Waals surface area contributed by atoms with Crippen LogP contribution in [0.3, 0.4) is 0 Å². The van der Waals surface area contributed by atoms with Crippen molar-refractivity contribution in [2.24, 2.45) is 0 Å². The molecule has 0 aliphatic heterocycles. The van der Waals surface area contributed by atoms with Gasteiger partial charge < -0.3 is 9.80 Å². The quantitative estimate of drug-likeness (QED) is 0.162. The number of benzene rings is 3.